The van der Waals surface area contributed by atoms with Crippen LogP contribution in [0.15, 0.2) is 0 Å². The van der Waals surface area contributed by atoms with Crippen LogP contribution in [0.1, 0.15) is 6.92 Å². The molecule has 0 amide bonds. The molecule has 0 aliphatic heterocycles. The molecule has 0 fully saturated rings. The van der Waals surface area contributed by atoms with E-state index in [4.69, 9.17) is 5.73 Å². The summed E-state index contributed by atoms with van der Waals surface area (Å²) in [7, 11) is 0. The van der Waals surface area contributed by atoms with Crippen molar-refractivity contribution >= 4 is 0 Å². The third kappa shape index (κ3) is 11.5. The Bertz CT molecular complexity index is 6.00. The van der Waals surface area contributed by atoms with Crippen LogP contribution in [0, 0.1) is 6.54 Å². The van der Waals surface area contributed by atoms with Crippen molar-refractivity contribution in [3.63, 3.8) is 0 Å². The number of hydrogen-bond acceptors (Lipinski definition) is 1. The Labute approximate surface area is 51.8 Å². The Morgan fingerprint density at radius 3 is 1.75 bits per heavy atom. The molecule has 1 radical (unpaired) electrons. The smallest absolute Gasteiger partial charge is 0 e. The molecular weight excluding hydrogens is 127 g/mol. The summed E-state index contributed by atoms with van der Waals surface area (Å²) >= 11 is 0. The van der Waals surface area contributed by atoms with Crippen LogP contribution in [0.5, 0.6) is 0 Å². The molecule has 0 aromatic heterocycles. The molecule has 0 spiro atoms. The topological polar surface area (TPSA) is 26.0 Å². The molecule has 0 aliphatic rings. The van der Waals surface area contributed by atoms with Crippen LogP contribution in [-0.4, -0.2) is 0 Å². The zero-order valence-electron chi connectivity index (χ0n) is 2.73. The van der Waals surface area contributed by atoms with Gasteiger partial charge in [0.05, 0.1) is 0 Å². The monoisotopic (exact) mass is 133 g/mol. The van der Waals surface area contributed by atoms with E-state index < -0.39 is 0 Å². The molecule has 0 atom stereocenters. The average Bonchev–Trinajstić information content (AvgIpc) is 0.918. The van der Waals surface area contributed by atoms with Crippen LogP contribution < -0.4 is 5.73 Å². The minimum absolute atomic E-state index is 0. The molecule has 4 heavy (non-hydrogen) atoms. The van der Waals surface area contributed by atoms with Gasteiger partial charge in [0.2, 0.25) is 0 Å². The van der Waals surface area contributed by atoms with Crippen LogP contribution in [0.3, 0.4) is 0 Å². The van der Waals surface area contributed by atoms with Crippen molar-refractivity contribution < 1.29 is 32.7 Å². The van der Waals surface area contributed by atoms with Gasteiger partial charge in [0.15, 0.2) is 0 Å². The van der Waals surface area contributed by atoms with Crippen LogP contribution in [0.4, 0.5) is 0 Å². The molecule has 23 valence electrons. The summed E-state index contributed by atoms with van der Waals surface area (Å²) in [6, 6.07) is 0. The van der Waals surface area contributed by atoms with Gasteiger partial charge in [-0.2, -0.15) is 6.92 Å². The maximum absolute atomic E-state index is 4.72. The molecule has 0 aromatic rings. The first kappa shape index (κ1) is 8.91. The minimum atomic E-state index is 0. The Morgan fingerprint density at radius 1 is 1.75 bits per heavy atom. The zero-order valence-corrected chi connectivity index (χ0v) is 5.57. The van der Waals surface area contributed by atoms with Gasteiger partial charge in [-0.15, -0.1) is 0 Å². The SMILES string of the molecule is C[CH-]N.[Y]. The van der Waals surface area contributed by atoms with Crippen molar-refractivity contribution in [2.45, 2.75) is 6.92 Å². The van der Waals surface area contributed by atoms with Gasteiger partial charge < -0.3 is 5.73 Å². The average molecular weight is 133 g/mol. The van der Waals surface area contributed by atoms with Gasteiger partial charge in [0.25, 0.3) is 0 Å². The molecule has 0 rings (SSSR count). The summed E-state index contributed by atoms with van der Waals surface area (Å²) in [5.74, 6) is 0. The fourth-order valence-electron chi connectivity index (χ4n) is 0. The van der Waals surface area contributed by atoms with Crippen molar-refractivity contribution in [2.75, 3.05) is 0 Å². The van der Waals surface area contributed by atoms with E-state index in [9.17, 15) is 0 Å². The van der Waals surface area contributed by atoms with Crippen molar-refractivity contribution in [3.8, 4) is 0 Å². The molecule has 0 unspecified atom stereocenters. The first-order chi connectivity index (χ1) is 1.41. The maximum Gasteiger partial charge on any atom is 0 e. The molecular formula is C2H6NY-. The summed E-state index contributed by atoms with van der Waals surface area (Å²) in [5, 5.41) is 0. The van der Waals surface area contributed by atoms with E-state index in [-0.39, 0.29) is 32.7 Å². The van der Waals surface area contributed by atoms with Gasteiger partial charge in [0, 0.05) is 32.7 Å². The van der Waals surface area contributed by atoms with Crippen molar-refractivity contribution in [2.24, 2.45) is 5.73 Å². The fraction of sp³-hybridized carbons (Fsp3) is 0.500. The first-order valence-corrected chi connectivity index (χ1v) is 0.911. The van der Waals surface area contributed by atoms with E-state index in [0.29, 0.717) is 0 Å². The van der Waals surface area contributed by atoms with Crippen LogP contribution in [0.25, 0.3) is 0 Å². The van der Waals surface area contributed by atoms with Gasteiger partial charge in [-0.3, -0.25) is 6.54 Å². The van der Waals surface area contributed by atoms with Crippen molar-refractivity contribution in [3.05, 3.63) is 6.54 Å². The van der Waals surface area contributed by atoms with Crippen molar-refractivity contribution in [1.29, 1.82) is 0 Å². The second kappa shape index (κ2) is 8.96. The van der Waals surface area contributed by atoms with Crippen LogP contribution in [-0.2, 0) is 32.7 Å². The molecule has 1 nitrogen and oxygen atoms in total. The Kier molecular flexibility index (Phi) is 19.9. The largest absolute Gasteiger partial charge is 0.484 e. The van der Waals surface area contributed by atoms with Gasteiger partial charge in [-0.05, 0) is 0 Å². The van der Waals surface area contributed by atoms with E-state index in [1.165, 1.54) is 6.54 Å². The third-order valence-electron chi connectivity index (χ3n) is 0. The van der Waals surface area contributed by atoms with E-state index in [1.54, 1.807) is 6.92 Å². The predicted molar refractivity (Wildman–Crippen MR) is 14.2 cm³/mol. The third-order valence-corrected chi connectivity index (χ3v) is 0. The van der Waals surface area contributed by atoms with Gasteiger partial charge in [-0.1, -0.05) is 0 Å². The summed E-state index contributed by atoms with van der Waals surface area (Å²) < 4.78 is 0. The van der Waals surface area contributed by atoms with Gasteiger partial charge in [-0.25, -0.2) is 0 Å². The predicted octanol–water partition coefficient (Wildman–Crippen LogP) is 0.124. The maximum atomic E-state index is 4.72. The molecule has 0 aliphatic carbocycles. The normalized spacial score (nSPS) is 4.50. The van der Waals surface area contributed by atoms with E-state index in [1.807, 2.05) is 0 Å². The number of nitrogens with two attached hydrogens (primary N) is 1. The van der Waals surface area contributed by atoms with E-state index >= 15 is 0 Å². The molecule has 2 N–H and O–H groups in total. The number of rotatable bonds is 0. The fourth-order valence-corrected chi connectivity index (χ4v) is 0. The summed E-state index contributed by atoms with van der Waals surface area (Å²) in [6.45, 7) is 3.28. The van der Waals surface area contributed by atoms with Gasteiger partial charge >= 0.3 is 0 Å². The van der Waals surface area contributed by atoms with Crippen LogP contribution in [0.2, 0.25) is 0 Å². The Hall–Kier alpha value is 1.06. The Balaban J connectivity index is 0. The Morgan fingerprint density at radius 2 is 1.75 bits per heavy atom. The minimum Gasteiger partial charge on any atom is -0.484 e. The molecule has 0 bridgehead atoms. The second-order valence-electron chi connectivity index (χ2n) is 0.333. The van der Waals surface area contributed by atoms with Crippen molar-refractivity contribution in [1.82, 2.24) is 0 Å². The zero-order chi connectivity index (χ0) is 2.71. The first-order valence-electron chi connectivity index (χ1n) is 0.911. The summed E-state index contributed by atoms with van der Waals surface area (Å²) in [6.07, 6.45) is 0. The summed E-state index contributed by atoms with van der Waals surface area (Å²) in [4.78, 5) is 0. The van der Waals surface area contributed by atoms with E-state index in [0.717, 1.165) is 0 Å². The van der Waals surface area contributed by atoms with Crippen LogP contribution >= 0.6 is 0 Å². The molecule has 0 saturated heterocycles. The molecule has 0 heterocycles. The second-order valence-corrected chi connectivity index (χ2v) is 0.333. The summed E-state index contributed by atoms with van der Waals surface area (Å²) in [5.41, 5.74) is 4.72. The molecule has 0 aromatic carbocycles. The quantitative estimate of drug-likeness (QED) is 0.467. The number of hydrogen-bond donors (Lipinski definition) is 1. The van der Waals surface area contributed by atoms with Gasteiger partial charge in [0.1, 0.15) is 0 Å². The standard InChI is InChI=1S/C2H6N.Y/c1-2-3;/h2H,3H2,1H3;/q-1;. The molecule has 0 saturated carbocycles. The van der Waals surface area contributed by atoms with E-state index in [2.05, 4.69) is 0 Å². The molecule has 2 heteroatoms.